The number of carbonyl (C=O) groups is 2. The van der Waals surface area contributed by atoms with Gasteiger partial charge in [-0.1, -0.05) is 30.3 Å². The third-order valence-electron chi connectivity index (χ3n) is 5.89. The summed E-state index contributed by atoms with van der Waals surface area (Å²) in [7, 11) is 0. The molecule has 0 saturated carbocycles. The highest BCUT2D eigenvalue weighted by atomic mass is 16.5. The van der Waals surface area contributed by atoms with Crippen LogP contribution in [0.1, 0.15) is 52.0 Å². The largest absolute Gasteiger partial charge is 0.459 e. The molecule has 1 atom stereocenters. The maximum Gasteiger partial charge on any atom is 0.338 e. The van der Waals surface area contributed by atoms with E-state index in [0.717, 1.165) is 62.3 Å². The molecule has 1 fully saturated rings. The molecule has 142 valence electrons. The number of hydrogen-bond donors (Lipinski definition) is 0. The number of amidine groups is 1. The maximum absolute atomic E-state index is 12.7. The minimum Gasteiger partial charge on any atom is -0.459 e. The molecule has 1 unspecified atom stereocenters. The molecule has 0 radical (unpaired) electrons. The Morgan fingerprint density at radius 2 is 1.82 bits per heavy atom. The van der Waals surface area contributed by atoms with Crippen LogP contribution in [-0.2, 0) is 4.74 Å². The summed E-state index contributed by atoms with van der Waals surface area (Å²) in [6, 6.07) is 12.9. The van der Waals surface area contributed by atoms with Crippen molar-refractivity contribution in [1.82, 2.24) is 4.90 Å². The normalized spacial score (nSPS) is 20.6. The lowest BCUT2D eigenvalue weighted by Crippen LogP contribution is -2.35. The van der Waals surface area contributed by atoms with Crippen LogP contribution in [0.4, 0.5) is 0 Å². The van der Waals surface area contributed by atoms with Crippen LogP contribution in [-0.4, -0.2) is 48.2 Å². The van der Waals surface area contributed by atoms with E-state index in [0.29, 0.717) is 16.7 Å². The number of hydrogen-bond acceptors (Lipinski definition) is 5. The first-order chi connectivity index (χ1) is 13.7. The van der Waals surface area contributed by atoms with Gasteiger partial charge in [0.2, 0.25) is 0 Å². The number of aliphatic imine (C=N–C) groups is 1. The fraction of sp³-hybridized carbons (Fsp3) is 0.348. The van der Waals surface area contributed by atoms with Crippen LogP contribution in [0.5, 0.6) is 0 Å². The molecule has 1 saturated heterocycles. The smallest absolute Gasteiger partial charge is 0.338 e. The van der Waals surface area contributed by atoms with Crippen LogP contribution in [0.2, 0.25) is 0 Å². The van der Waals surface area contributed by atoms with Gasteiger partial charge in [-0.25, -0.2) is 4.79 Å². The van der Waals surface area contributed by atoms with Gasteiger partial charge in [-0.3, -0.25) is 9.79 Å². The summed E-state index contributed by atoms with van der Waals surface area (Å²) < 4.78 is 5.80. The zero-order chi connectivity index (χ0) is 19.1. The fourth-order valence-corrected chi connectivity index (χ4v) is 4.40. The number of ketones is 1. The highest BCUT2D eigenvalue weighted by molar-refractivity contribution is 6.22. The number of rotatable bonds is 2. The molecular weight excluding hydrogens is 352 g/mol. The second-order valence-corrected chi connectivity index (χ2v) is 7.63. The van der Waals surface area contributed by atoms with Gasteiger partial charge in [0.15, 0.2) is 5.78 Å². The molecule has 2 aromatic carbocycles. The first kappa shape index (κ1) is 17.2. The van der Waals surface area contributed by atoms with Crippen molar-refractivity contribution >= 4 is 17.6 Å². The average Bonchev–Trinajstić information content (AvgIpc) is 2.88. The van der Waals surface area contributed by atoms with Crippen molar-refractivity contribution in [2.75, 3.05) is 19.6 Å². The van der Waals surface area contributed by atoms with Crippen LogP contribution >= 0.6 is 0 Å². The Labute approximate surface area is 164 Å². The van der Waals surface area contributed by atoms with E-state index in [9.17, 15) is 9.59 Å². The summed E-state index contributed by atoms with van der Waals surface area (Å²) in [6.45, 7) is 2.84. The lowest BCUT2D eigenvalue weighted by Gasteiger charge is -2.27. The summed E-state index contributed by atoms with van der Waals surface area (Å²) in [5.74, 6) is 0.786. The first-order valence-electron chi connectivity index (χ1n) is 9.98. The van der Waals surface area contributed by atoms with Crippen molar-refractivity contribution in [2.45, 2.75) is 31.8 Å². The van der Waals surface area contributed by atoms with Crippen LogP contribution < -0.4 is 0 Å². The number of benzene rings is 2. The van der Waals surface area contributed by atoms with E-state index >= 15 is 0 Å². The highest BCUT2D eigenvalue weighted by Crippen LogP contribution is 2.36. The third kappa shape index (κ3) is 2.91. The summed E-state index contributed by atoms with van der Waals surface area (Å²) >= 11 is 0. The standard InChI is InChI=1S/C23H22N2O3/c26-22-19-5-2-1-4-17(19)18-8-6-15(14-20(18)22)23(27)28-16-7-9-21-24-11-3-12-25(21)13-10-16/h1-2,4-6,8,14,16H,3,7,9-13H2. The van der Waals surface area contributed by atoms with E-state index < -0.39 is 0 Å². The zero-order valence-corrected chi connectivity index (χ0v) is 15.7. The van der Waals surface area contributed by atoms with E-state index in [2.05, 4.69) is 9.89 Å². The average molecular weight is 374 g/mol. The number of fused-ring (bicyclic) bond motifs is 4. The molecule has 0 aromatic heterocycles. The quantitative estimate of drug-likeness (QED) is 0.642. The SMILES string of the molecule is O=C(OC1CCC2=NCCCN2CC1)c1ccc2c(c1)C(=O)c1ccccc1-2. The second-order valence-electron chi connectivity index (χ2n) is 7.63. The highest BCUT2D eigenvalue weighted by Gasteiger charge is 2.29. The van der Waals surface area contributed by atoms with Crippen molar-refractivity contribution in [3.63, 3.8) is 0 Å². The van der Waals surface area contributed by atoms with Gasteiger partial charge < -0.3 is 9.64 Å². The van der Waals surface area contributed by atoms with Crippen molar-refractivity contribution in [3.05, 3.63) is 59.2 Å². The zero-order valence-electron chi connectivity index (χ0n) is 15.7. The Morgan fingerprint density at radius 1 is 1.00 bits per heavy atom. The van der Waals surface area contributed by atoms with Crippen LogP contribution in [0.25, 0.3) is 11.1 Å². The molecule has 0 spiro atoms. The monoisotopic (exact) mass is 374 g/mol. The van der Waals surface area contributed by atoms with Gasteiger partial charge in [-0.05, 0) is 36.1 Å². The molecule has 2 heterocycles. The van der Waals surface area contributed by atoms with Crippen molar-refractivity contribution in [3.8, 4) is 11.1 Å². The van der Waals surface area contributed by atoms with Crippen LogP contribution in [0.15, 0.2) is 47.5 Å². The molecule has 5 nitrogen and oxygen atoms in total. The predicted octanol–water partition coefficient (Wildman–Crippen LogP) is 3.71. The lowest BCUT2D eigenvalue weighted by molar-refractivity contribution is 0.0268. The van der Waals surface area contributed by atoms with Gasteiger partial charge in [-0.15, -0.1) is 0 Å². The Balaban J connectivity index is 1.32. The first-order valence-corrected chi connectivity index (χ1v) is 9.98. The Kier molecular flexibility index (Phi) is 4.23. The summed E-state index contributed by atoms with van der Waals surface area (Å²) in [5, 5.41) is 0. The predicted molar refractivity (Wildman–Crippen MR) is 107 cm³/mol. The van der Waals surface area contributed by atoms with E-state index in [1.807, 2.05) is 30.3 Å². The Morgan fingerprint density at radius 3 is 2.71 bits per heavy atom. The van der Waals surface area contributed by atoms with Gasteiger partial charge in [0.25, 0.3) is 0 Å². The van der Waals surface area contributed by atoms with Crippen LogP contribution in [0.3, 0.4) is 0 Å². The molecule has 28 heavy (non-hydrogen) atoms. The number of carbonyl (C=O) groups excluding carboxylic acids is 2. The van der Waals surface area contributed by atoms with E-state index in [4.69, 9.17) is 4.74 Å². The number of nitrogens with zero attached hydrogens (tertiary/aromatic N) is 2. The van der Waals surface area contributed by atoms with E-state index in [1.54, 1.807) is 12.1 Å². The fourth-order valence-electron chi connectivity index (χ4n) is 4.40. The summed E-state index contributed by atoms with van der Waals surface area (Å²) in [6.07, 6.45) is 3.47. The summed E-state index contributed by atoms with van der Waals surface area (Å²) in [5.41, 5.74) is 3.55. The Bertz CT molecular complexity index is 995. The third-order valence-corrected chi connectivity index (χ3v) is 5.89. The second kappa shape index (κ2) is 6.89. The Hall–Kier alpha value is -2.95. The van der Waals surface area contributed by atoms with Gasteiger partial charge in [0, 0.05) is 43.6 Å². The van der Waals surface area contributed by atoms with Gasteiger partial charge in [0.1, 0.15) is 6.10 Å². The summed E-state index contributed by atoms with van der Waals surface area (Å²) in [4.78, 5) is 32.4. The molecule has 2 aliphatic heterocycles. The molecule has 1 aliphatic carbocycles. The molecule has 5 rings (SSSR count). The van der Waals surface area contributed by atoms with Crippen molar-refractivity contribution in [2.24, 2.45) is 4.99 Å². The number of esters is 1. The minimum absolute atomic E-state index is 0.0235. The minimum atomic E-state index is -0.349. The van der Waals surface area contributed by atoms with Crippen molar-refractivity contribution < 1.29 is 14.3 Å². The lowest BCUT2D eigenvalue weighted by atomic mass is 10.0. The van der Waals surface area contributed by atoms with Crippen LogP contribution in [0, 0.1) is 0 Å². The maximum atomic E-state index is 12.7. The molecule has 0 amide bonds. The molecule has 0 N–H and O–H groups in total. The molecule has 2 aromatic rings. The van der Waals surface area contributed by atoms with Gasteiger partial charge >= 0.3 is 5.97 Å². The topological polar surface area (TPSA) is 59.0 Å². The van der Waals surface area contributed by atoms with E-state index in [-0.39, 0.29) is 17.9 Å². The van der Waals surface area contributed by atoms with Crippen molar-refractivity contribution in [1.29, 1.82) is 0 Å². The number of ether oxygens (including phenoxy) is 1. The van der Waals surface area contributed by atoms with Gasteiger partial charge in [0.05, 0.1) is 11.4 Å². The molecule has 3 aliphatic rings. The molecule has 5 heteroatoms. The van der Waals surface area contributed by atoms with E-state index in [1.165, 1.54) is 0 Å². The molecule has 0 bridgehead atoms. The van der Waals surface area contributed by atoms with Gasteiger partial charge in [-0.2, -0.15) is 0 Å². The molecular formula is C23H22N2O3.